The Kier molecular flexibility index (Phi) is 4.05. The lowest BCUT2D eigenvalue weighted by Gasteiger charge is -2.65. The predicted octanol–water partition coefficient (Wildman–Crippen LogP) is 4.91. The zero-order valence-corrected chi connectivity index (χ0v) is 16.6. The van der Waals surface area contributed by atoms with Gasteiger partial charge in [0.1, 0.15) is 5.75 Å². The second-order valence-corrected chi connectivity index (χ2v) is 9.31. The second kappa shape index (κ2) is 5.99. The predicted molar refractivity (Wildman–Crippen MR) is 98.3 cm³/mol. The van der Waals surface area contributed by atoms with Gasteiger partial charge in [-0.3, -0.25) is 0 Å². The summed E-state index contributed by atoms with van der Waals surface area (Å²) in [5.74, 6) is 1.75. The summed E-state index contributed by atoms with van der Waals surface area (Å²) in [6.45, 7) is 0. The van der Waals surface area contributed by atoms with Crippen LogP contribution in [0.5, 0.6) is 5.75 Å². The molecule has 142 valence electrons. The highest BCUT2D eigenvalue weighted by molar-refractivity contribution is 6.32. The largest absolute Gasteiger partial charge is 0.495 e. The Morgan fingerprint density at radius 2 is 1.77 bits per heavy atom. The molecule has 5 fully saturated rings. The van der Waals surface area contributed by atoms with Crippen LogP contribution in [0.4, 0.5) is 0 Å². The van der Waals surface area contributed by atoms with Gasteiger partial charge in [-0.15, -0.1) is 11.6 Å². The fourth-order valence-electron chi connectivity index (χ4n) is 6.29. The lowest BCUT2D eigenvalue weighted by Crippen LogP contribution is -2.75. The van der Waals surface area contributed by atoms with E-state index < -0.39 is 11.4 Å². The van der Waals surface area contributed by atoms with Crippen molar-refractivity contribution in [1.29, 1.82) is 0 Å². The third-order valence-corrected chi connectivity index (χ3v) is 8.17. The summed E-state index contributed by atoms with van der Waals surface area (Å²) in [4.78, 5) is 11.8. The van der Waals surface area contributed by atoms with E-state index in [-0.39, 0.29) is 0 Å². The number of ether oxygens (including phenoxy) is 2. The van der Waals surface area contributed by atoms with Crippen LogP contribution in [-0.2, 0) is 20.3 Å². The van der Waals surface area contributed by atoms with Crippen LogP contribution in [0.25, 0.3) is 0 Å². The number of hydrogen-bond acceptors (Lipinski definition) is 4. The van der Waals surface area contributed by atoms with E-state index >= 15 is 0 Å². The number of rotatable bonds is 3. The molecule has 6 heteroatoms. The number of benzene rings is 1. The Balaban J connectivity index is 1.59. The fourth-order valence-corrected chi connectivity index (χ4v) is 6.94. The van der Waals surface area contributed by atoms with E-state index in [9.17, 15) is 0 Å². The molecule has 0 radical (unpaired) electrons. The molecule has 1 spiro atoms. The van der Waals surface area contributed by atoms with Crippen LogP contribution in [0.1, 0.15) is 37.7 Å². The molecule has 0 aromatic heterocycles. The summed E-state index contributed by atoms with van der Waals surface area (Å²) in [6, 6.07) is 5.71. The van der Waals surface area contributed by atoms with Gasteiger partial charge in [0, 0.05) is 18.1 Å². The molecular weight excluding hydrogens is 375 g/mol. The number of hydrogen-bond donors (Lipinski definition) is 0. The van der Waals surface area contributed by atoms with E-state index in [0.717, 1.165) is 37.7 Å². The van der Waals surface area contributed by atoms with Crippen molar-refractivity contribution in [1.82, 2.24) is 0 Å². The summed E-state index contributed by atoms with van der Waals surface area (Å²) in [5.41, 5.74) is 0.454. The normalized spacial score (nSPS) is 46.2. The van der Waals surface area contributed by atoms with E-state index in [2.05, 4.69) is 0 Å². The van der Waals surface area contributed by atoms with Crippen LogP contribution in [0.3, 0.4) is 0 Å². The minimum absolute atomic E-state index is 0.293. The number of fused-ring (bicyclic) bond motifs is 1. The molecule has 4 nitrogen and oxygen atoms in total. The Bertz CT molecular complexity index is 706. The lowest BCUT2D eigenvalue weighted by molar-refractivity contribution is -0.643. The van der Waals surface area contributed by atoms with Crippen molar-refractivity contribution >= 4 is 23.2 Å². The monoisotopic (exact) mass is 398 g/mol. The third kappa shape index (κ3) is 2.08. The van der Waals surface area contributed by atoms with Crippen LogP contribution < -0.4 is 4.74 Å². The first-order chi connectivity index (χ1) is 12.5. The standard InChI is InChI=1S/C20H24Cl2O4/c1-23-18-10-13(3-4-16(18)21)20(24-2)19(25-26-20)14-5-11-6-15(19)9-12(8-14)17(22)7-11/h3-4,10-12,14-15,17H,5-9H2,1-2H3. The van der Waals surface area contributed by atoms with E-state index in [1.165, 1.54) is 0 Å². The number of halogens is 2. The van der Waals surface area contributed by atoms with Gasteiger partial charge in [0.05, 0.1) is 12.1 Å². The molecule has 0 N–H and O–H groups in total. The van der Waals surface area contributed by atoms with Crippen LogP contribution in [0.2, 0.25) is 5.02 Å². The first kappa shape index (κ1) is 17.6. The molecule has 1 aromatic rings. The zero-order chi connectivity index (χ0) is 18.1. The van der Waals surface area contributed by atoms with Crippen molar-refractivity contribution in [3.05, 3.63) is 28.8 Å². The van der Waals surface area contributed by atoms with Gasteiger partial charge >= 0.3 is 0 Å². The molecule has 1 aliphatic heterocycles. The smallest absolute Gasteiger partial charge is 0.260 e. The van der Waals surface area contributed by atoms with Crippen molar-refractivity contribution < 1.29 is 19.2 Å². The van der Waals surface area contributed by atoms with Crippen LogP contribution in [-0.4, -0.2) is 25.2 Å². The van der Waals surface area contributed by atoms with E-state index in [4.69, 9.17) is 42.5 Å². The molecule has 4 saturated carbocycles. The molecule has 1 saturated heterocycles. The maximum atomic E-state index is 6.71. The molecule has 4 atom stereocenters. The summed E-state index contributed by atoms with van der Waals surface area (Å²) in [5, 5.41) is 0.865. The van der Waals surface area contributed by atoms with Gasteiger partial charge in [0.15, 0.2) is 5.60 Å². The molecule has 4 unspecified atom stereocenters. The highest BCUT2D eigenvalue weighted by Gasteiger charge is 2.76. The molecule has 26 heavy (non-hydrogen) atoms. The van der Waals surface area contributed by atoms with Crippen LogP contribution in [0, 0.1) is 23.7 Å². The number of methoxy groups -OCH3 is 2. The Labute approximate surface area is 164 Å². The van der Waals surface area contributed by atoms with E-state index in [1.54, 1.807) is 14.2 Å². The minimum Gasteiger partial charge on any atom is -0.495 e. The molecular formula is C20H24Cl2O4. The van der Waals surface area contributed by atoms with Gasteiger partial charge in [-0.2, -0.15) is 4.89 Å². The van der Waals surface area contributed by atoms with E-state index in [0.29, 0.717) is 39.8 Å². The Morgan fingerprint density at radius 3 is 2.35 bits per heavy atom. The molecule has 0 amide bonds. The zero-order valence-electron chi connectivity index (χ0n) is 15.0. The van der Waals surface area contributed by atoms with Gasteiger partial charge in [0.2, 0.25) is 0 Å². The van der Waals surface area contributed by atoms with Gasteiger partial charge in [-0.05, 0) is 67.9 Å². The van der Waals surface area contributed by atoms with Gasteiger partial charge in [-0.25, -0.2) is 4.89 Å². The summed E-state index contributed by atoms with van der Waals surface area (Å²) < 4.78 is 11.5. The first-order valence-electron chi connectivity index (χ1n) is 9.44. The average Bonchev–Trinajstić information content (AvgIpc) is 2.81. The Morgan fingerprint density at radius 1 is 1.04 bits per heavy atom. The Hall–Kier alpha value is -0.520. The maximum Gasteiger partial charge on any atom is 0.260 e. The van der Waals surface area contributed by atoms with Crippen molar-refractivity contribution in [2.75, 3.05) is 14.2 Å². The van der Waals surface area contributed by atoms with Gasteiger partial charge in [-0.1, -0.05) is 17.7 Å². The van der Waals surface area contributed by atoms with Gasteiger partial charge < -0.3 is 9.47 Å². The summed E-state index contributed by atoms with van der Waals surface area (Å²) in [7, 11) is 3.32. The quantitative estimate of drug-likeness (QED) is 0.535. The third-order valence-electron chi connectivity index (χ3n) is 7.32. The average molecular weight is 399 g/mol. The molecule has 1 heterocycles. The van der Waals surface area contributed by atoms with Crippen molar-refractivity contribution in [2.45, 2.75) is 48.9 Å². The fraction of sp³-hybridized carbons (Fsp3) is 0.700. The molecule has 4 aliphatic carbocycles. The maximum absolute atomic E-state index is 6.71. The van der Waals surface area contributed by atoms with E-state index in [1.807, 2.05) is 18.2 Å². The van der Waals surface area contributed by atoms with Crippen molar-refractivity contribution in [2.24, 2.45) is 23.7 Å². The summed E-state index contributed by atoms with van der Waals surface area (Å²) >= 11 is 12.9. The molecule has 5 aliphatic rings. The molecule has 4 bridgehead atoms. The topological polar surface area (TPSA) is 36.9 Å². The highest BCUT2D eigenvalue weighted by Crippen LogP contribution is 2.68. The second-order valence-electron chi connectivity index (χ2n) is 8.34. The van der Waals surface area contributed by atoms with Crippen LogP contribution in [0.15, 0.2) is 18.2 Å². The first-order valence-corrected chi connectivity index (χ1v) is 10.3. The highest BCUT2D eigenvalue weighted by atomic mass is 35.5. The summed E-state index contributed by atoms with van der Waals surface area (Å²) in [6.07, 6.45) is 5.57. The van der Waals surface area contributed by atoms with Gasteiger partial charge in [0.25, 0.3) is 5.79 Å². The van der Waals surface area contributed by atoms with Crippen molar-refractivity contribution in [3.63, 3.8) is 0 Å². The number of alkyl halides is 1. The molecule has 1 aromatic carbocycles. The minimum atomic E-state index is -0.914. The lowest BCUT2D eigenvalue weighted by atomic mass is 9.53. The molecule has 6 rings (SSSR count). The SMILES string of the molecule is COc1cc(C2(OC)OOC23C2CC4CC(Cl)C(C2)CC3C4)ccc1Cl. The van der Waals surface area contributed by atoms with Crippen LogP contribution >= 0.6 is 23.2 Å². The van der Waals surface area contributed by atoms with Crippen molar-refractivity contribution in [3.8, 4) is 5.75 Å².